The average Bonchev–Trinajstić information content (AvgIpc) is 3.34. The topological polar surface area (TPSA) is 49.8 Å². The van der Waals surface area contributed by atoms with Crippen molar-refractivity contribution in [2.45, 2.75) is 89.5 Å². The fourth-order valence-electron chi connectivity index (χ4n) is 4.84. The van der Waals surface area contributed by atoms with Gasteiger partial charge in [0.25, 0.3) is 0 Å². The van der Waals surface area contributed by atoms with Gasteiger partial charge in [0, 0.05) is 24.1 Å². The molecule has 1 N–H and O–H groups in total. The van der Waals surface area contributed by atoms with E-state index >= 15 is 0 Å². The van der Waals surface area contributed by atoms with Crippen molar-refractivity contribution in [1.82, 2.24) is 4.90 Å². The van der Waals surface area contributed by atoms with Gasteiger partial charge < -0.3 is 9.53 Å². The maximum atomic E-state index is 11.9. The molecule has 4 nitrogen and oxygen atoms in total. The summed E-state index contributed by atoms with van der Waals surface area (Å²) in [7, 11) is -1.80. The van der Waals surface area contributed by atoms with Crippen molar-refractivity contribution in [2.75, 3.05) is 13.2 Å². The molecular weight excluding hydrogens is 318 g/mol. The molecule has 5 heteroatoms. The number of hydrogen-bond acceptors (Lipinski definition) is 3. The third kappa shape index (κ3) is 2.58. The highest BCUT2D eigenvalue weighted by atomic mass is 28.4. The van der Waals surface area contributed by atoms with Gasteiger partial charge in [0.15, 0.2) is 8.32 Å². The zero-order valence-electron chi connectivity index (χ0n) is 16.3. The lowest BCUT2D eigenvalue weighted by atomic mass is 9.77. The van der Waals surface area contributed by atoms with Crippen molar-refractivity contribution < 1.29 is 14.3 Å². The molecule has 0 bridgehead atoms. The Morgan fingerprint density at radius 1 is 1.38 bits per heavy atom. The zero-order valence-corrected chi connectivity index (χ0v) is 17.3. The first-order valence-electron chi connectivity index (χ1n) is 9.64. The molecule has 0 aromatic heterocycles. The molecule has 1 aliphatic heterocycles. The van der Waals surface area contributed by atoms with E-state index < -0.39 is 14.3 Å². The highest BCUT2D eigenvalue weighted by Gasteiger charge is 2.80. The SMILES string of the molecule is CCC1CC12CN([C@@H](CCO[Si](C)(C)C(C)(C)C)C(=O)O)C21CC1. The molecule has 3 atom stereocenters. The quantitative estimate of drug-likeness (QED) is 0.700. The highest BCUT2D eigenvalue weighted by molar-refractivity contribution is 6.74. The maximum Gasteiger partial charge on any atom is 0.321 e. The van der Waals surface area contributed by atoms with Crippen LogP contribution in [0.1, 0.15) is 59.8 Å². The second-order valence-corrected chi connectivity index (χ2v) is 14.7. The molecule has 2 spiro atoms. The van der Waals surface area contributed by atoms with Gasteiger partial charge in [-0.15, -0.1) is 0 Å². The van der Waals surface area contributed by atoms with Crippen molar-refractivity contribution >= 4 is 14.3 Å². The second kappa shape index (κ2) is 5.55. The third-order valence-corrected chi connectivity index (χ3v) is 12.2. The standard InChI is InChI=1S/C19H35NO3Si/c1-7-14-12-18(14)13-20(19(18)9-10-19)15(16(21)22)8-11-23-24(5,6)17(2,3)4/h14-15H,7-13H2,1-6H3,(H,21,22)/t14?,15-,18?/m0/s1. The summed E-state index contributed by atoms with van der Waals surface area (Å²) in [6.07, 6.45) is 5.61. The first-order chi connectivity index (χ1) is 11.0. The minimum absolute atomic E-state index is 0.173. The molecule has 0 amide bonds. The van der Waals surface area contributed by atoms with Crippen LogP contribution in [0.15, 0.2) is 0 Å². The van der Waals surface area contributed by atoms with Crippen molar-refractivity contribution in [3.63, 3.8) is 0 Å². The van der Waals surface area contributed by atoms with E-state index in [0.29, 0.717) is 18.4 Å². The van der Waals surface area contributed by atoms with Crippen LogP contribution in [0, 0.1) is 11.3 Å². The van der Waals surface area contributed by atoms with Crippen molar-refractivity contribution in [1.29, 1.82) is 0 Å². The predicted molar refractivity (Wildman–Crippen MR) is 98.7 cm³/mol. The largest absolute Gasteiger partial charge is 0.480 e. The Labute approximate surface area is 148 Å². The molecule has 1 saturated heterocycles. The van der Waals surface area contributed by atoms with E-state index in [2.05, 4.69) is 45.7 Å². The molecule has 138 valence electrons. The molecule has 3 rings (SSSR count). The summed E-state index contributed by atoms with van der Waals surface area (Å²) >= 11 is 0. The summed E-state index contributed by atoms with van der Waals surface area (Å²) < 4.78 is 6.24. The number of fused-ring (bicyclic) bond motifs is 1. The average molecular weight is 354 g/mol. The third-order valence-electron chi connectivity index (χ3n) is 7.70. The van der Waals surface area contributed by atoms with Crippen LogP contribution in [0.25, 0.3) is 0 Å². The normalized spacial score (nSPS) is 32.7. The summed E-state index contributed by atoms with van der Waals surface area (Å²) in [5, 5.41) is 9.96. The van der Waals surface area contributed by atoms with E-state index in [0.717, 1.165) is 12.5 Å². The number of hydrogen-bond donors (Lipinski definition) is 1. The first kappa shape index (κ1) is 18.4. The summed E-state index contributed by atoms with van der Waals surface area (Å²) in [6, 6.07) is -0.360. The van der Waals surface area contributed by atoms with Gasteiger partial charge >= 0.3 is 5.97 Å². The fourth-order valence-corrected chi connectivity index (χ4v) is 5.90. The molecule has 1 heterocycles. The number of carbonyl (C=O) groups is 1. The van der Waals surface area contributed by atoms with Crippen LogP contribution < -0.4 is 0 Å². The number of carboxylic acids is 1. The van der Waals surface area contributed by atoms with Crippen molar-refractivity contribution in [3.05, 3.63) is 0 Å². The van der Waals surface area contributed by atoms with E-state index in [1.54, 1.807) is 0 Å². The van der Waals surface area contributed by atoms with Crippen LogP contribution in [0.2, 0.25) is 18.1 Å². The lowest BCUT2D eigenvalue weighted by Crippen LogP contribution is -2.66. The van der Waals surface area contributed by atoms with E-state index in [9.17, 15) is 9.90 Å². The highest BCUT2D eigenvalue weighted by Crippen LogP contribution is 2.77. The van der Waals surface area contributed by atoms with Gasteiger partial charge in [-0.2, -0.15) is 0 Å². The number of rotatable bonds is 7. The Morgan fingerprint density at radius 3 is 2.42 bits per heavy atom. The molecular formula is C19H35NO3Si. The minimum Gasteiger partial charge on any atom is -0.480 e. The lowest BCUT2D eigenvalue weighted by Gasteiger charge is -2.54. The van der Waals surface area contributed by atoms with Crippen molar-refractivity contribution in [2.24, 2.45) is 11.3 Å². The molecule has 2 aliphatic carbocycles. The molecule has 24 heavy (non-hydrogen) atoms. The smallest absolute Gasteiger partial charge is 0.321 e. The van der Waals surface area contributed by atoms with Gasteiger partial charge in [-0.1, -0.05) is 34.1 Å². The maximum absolute atomic E-state index is 11.9. The fraction of sp³-hybridized carbons (Fsp3) is 0.947. The number of likely N-dealkylation sites (tertiary alicyclic amines) is 1. The number of aliphatic carboxylic acids is 1. The van der Waals surface area contributed by atoms with Crippen LogP contribution in [0.5, 0.6) is 0 Å². The van der Waals surface area contributed by atoms with Gasteiger partial charge in [-0.25, -0.2) is 0 Å². The van der Waals surface area contributed by atoms with E-state index in [1.807, 2.05) is 0 Å². The molecule has 2 unspecified atom stereocenters. The second-order valence-electron chi connectivity index (χ2n) is 9.88. The molecule has 3 fully saturated rings. The predicted octanol–water partition coefficient (Wildman–Crippen LogP) is 4.12. The van der Waals surface area contributed by atoms with Gasteiger partial charge in [-0.3, -0.25) is 9.69 Å². The molecule has 0 radical (unpaired) electrons. The van der Waals surface area contributed by atoms with Gasteiger partial charge in [-0.05, 0) is 49.7 Å². The Morgan fingerprint density at radius 2 is 2.00 bits per heavy atom. The monoisotopic (exact) mass is 353 g/mol. The van der Waals surface area contributed by atoms with Gasteiger partial charge in [0.2, 0.25) is 0 Å². The van der Waals surface area contributed by atoms with E-state index in [-0.39, 0.29) is 16.6 Å². The molecule has 2 saturated carbocycles. The molecule has 3 aliphatic rings. The van der Waals surface area contributed by atoms with Crippen molar-refractivity contribution in [3.8, 4) is 0 Å². The lowest BCUT2D eigenvalue weighted by molar-refractivity contribution is -0.155. The minimum atomic E-state index is -1.80. The molecule has 0 aromatic rings. The summed E-state index contributed by atoms with van der Waals surface area (Å²) in [5.74, 6) is 0.179. The summed E-state index contributed by atoms with van der Waals surface area (Å²) in [4.78, 5) is 14.2. The van der Waals surface area contributed by atoms with Crippen LogP contribution in [-0.2, 0) is 9.22 Å². The Bertz CT molecular complexity index is 523. The van der Waals surface area contributed by atoms with E-state index in [4.69, 9.17) is 4.43 Å². The first-order valence-corrected chi connectivity index (χ1v) is 12.6. The van der Waals surface area contributed by atoms with Crippen LogP contribution in [0.3, 0.4) is 0 Å². The Hall–Kier alpha value is -0.393. The van der Waals surface area contributed by atoms with E-state index in [1.165, 1.54) is 25.7 Å². The number of nitrogens with zero attached hydrogens (tertiary/aromatic N) is 1. The van der Waals surface area contributed by atoms with Crippen LogP contribution >= 0.6 is 0 Å². The zero-order chi connectivity index (χ0) is 18.0. The Balaban J connectivity index is 1.59. The Kier molecular flexibility index (Phi) is 4.26. The van der Waals surface area contributed by atoms with Crippen LogP contribution in [-0.4, -0.2) is 49.0 Å². The van der Waals surface area contributed by atoms with Crippen LogP contribution in [0.4, 0.5) is 0 Å². The number of carboxylic acid groups (broad SMARTS) is 1. The summed E-state index contributed by atoms with van der Waals surface area (Å²) in [5.41, 5.74) is 0.726. The van der Waals surface area contributed by atoms with Gasteiger partial charge in [0.1, 0.15) is 6.04 Å². The molecule has 0 aromatic carbocycles. The van der Waals surface area contributed by atoms with Gasteiger partial charge in [0.05, 0.1) is 0 Å². The summed E-state index contributed by atoms with van der Waals surface area (Å²) in [6.45, 7) is 15.0.